The Morgan fingerprint density at radius 1 is 1.03 bits per heavy atom. The molecule has 0 spiro atoms. The highest BCUT2D eigenvalue weighted by Crippen LogP contribution is 2.18. The number of carbonyl (C=O) groups excluding carboxylic acids is 4. The van der Waals surface area contributed by atoms with Crippen LogP contribution in [0.3, 0.4) is 0 Å². The van der Waals surface area contributed by atoms with E-state index in [-0.39, 0.29) is 11.5 Å². The summed E-state index contributed by atoms with van der Waals surface area (Å²) in [6.07, 6.45) is -0.859. The third-order valence-electron chi connectivity index (χ3n) is 4.36. The summed E-state index contributed by atoms with van der Waals surface area (Å²) in [6, 6.07) is 11.1. The van der Waals surface area contributed by atoms with Crippen molar-refractivity contribution in [2.24, 2.45) is 10.3 Å². The first kappa shape index (κ1) is 26.6. The number of ketones is 1. The topological polar surface area (TPSA) is 170 Å². The summed E-state index contributed by atoms with van der Waals surface area (Å²) >= 11 is 0. The van der Waals surface area contributed by atoms with E-state index in [1.807, 2.05) is 0 Å². The van der Waals surface area contributed by atoms with Crippen molar-refractivity contribution >= 4 is 29.3 Å². The lowest BCUT2D eigenvalue weighted by Crippen LogP contribution is -2.45. The predicted octanol–water partition coefficient (Wildman–Crippen LogP) is 1.71. The first-order chi connectivity index (χ1) is 16.6. The van der Waals surface area contributed by atoms with Gasteiger partial charge in [-0.15, -0.1) is 5.11 Å². The van der Waals surface area contributed by atoms with Crippen LogP contribution in [0.5, 0.6) is 5.75 Å². The Kier molecular flexibility index (Phi) is 9.51. The number of nitrogens with zero attached hydrogens (tertiary/aromatic N) is 4. The van der Waals surface area contributed by atoms with Crippen LogP contribution in [-0.4, -0.2) is 67.4 Å². The first-order valence-electron chi connectivity index (χ1n) is 10.1. The fourth-order valence-electron chi connectivity index (χ4n) is 2.66. The van der Waals surface area contributed by atoms with E-state index in [4.69, 9.17) is 4.74 Å². The van der Waals surface area contributed by atoms with Crippen LogP contribution < -0.4 is 10.1 Å². The summed E-state index contributed by atoms with van der Waals surface area (Å²) in [6.45, 7) is -0.545. The van der Waals surface area contributed by atoms with Crippen molar-refractivity contribution in [1.29, 1.82) is 0 Å². The van der Waals surface area contributed by atoms with Crippen LogP contribution in [-0.2, 0) is 19.1 Å². The number of rotatable bonds is 11. The summed E-state index contributed by atoms with van der Waals surface area (Å²) in [5.74, 6) is -3.24. The Morgan fingerprint density at radius 2 is 1.60 bits per heavy atom. The maximum Gasteiger partial charge on any atom is 0.447 e. The predicted molar refractivity (Wildman–Crippen MR) is 121 cm³/mol. The fraction of sp³-hybridized carbons (Fsp3) is 0.273. The summed E-state index contributed by atoms with van der Waals surface area (Å²) in [5.41, 5.74) is 1.42. The van der Waals surface area contributed by atoms with E-state index in [0.29, 0.717) is 16.8 Å². The molecule has 2 aromatic carbocycles. The monoisotopic (exact) mass is 485 g/mol. The van der Waals surface area contributed by atoms with Gasteiger partial charge in [-0.3, -0.25) is 24.7 Å². The maximum absolute atomic E-state index is 12.7. The smallest absolute Gasteiger partial charge is 0.447 e. The molecular weight excluding hydrogens is 462 g/mol. The van der Waals surface area contributed by atoms with Crippen molar-refractivity contribution in [3.63, 3.8) is 0 Å². The summed E-state index contributed by atoms with van der Waals surface area (Å²) < 4.78 is 9.76. The molecule has 0 aromatic heterocycles. The maximum atomic E-state index is 12.7. The van der Waals surface area contributed by atoms with Crippen molar-refractivity contribution in [2.75, 3.05) is 27.8 Å². The van der Waals surface area contributed by atoms with Crippen molar-refractivity contribution in [3.8, 4) is 5.75 Å². The molecule has 2 rings (SSSR count). The molecule has 0 heterocycles. The molecule has 0 radical (unpaired) electrons. The van der Waals surface area contributed by atoms with Gasteiger partial charge in [-0.05, 0) is 48.5 Å². The lowest BCUT2D eigenvalue weighted by Gasteiger charge is -2.14. The number of amides is 2. The molecule has 0 fully saturated rings. The second-order valence-electron chi connectivity index (χ2n) is 7.22. The Morgan fingerprint density at radius 3 is 2.11 bits per heavy atom. The largest absolute Gasteiger partial charge is 0.484 e. The second kappa shape index (κ2) is 12.5. The minimum atomic E-state index is -1.52. The SMILES string of the molecule is COC(=O)C(CC(=O)[N+](=O)[O-])NC(=O)COc1ccc(C(=O)c2ccc(N=NN(C)C)cc2)cc1. The van der Waals surface area contributed by atoms with Crippen LogP contribution in [0.4, 0.5) is 5.69 Å². The van der Waals surface area contributed by atoms with Gasteiger partial charge in [0.05, 0.1) is 12.8 Å². The molecule has 35 heavy (non-hydrogen) atoms. The Bertz CT molecular complexity index is 1110. The highest BCUT2D eigenvalue weighted by molar-refractivity contribution is 6.09. The van der Waals surface area contributed by atoms with E-state index >= 15 is 0 Å². The van der Waals surface area contributed by atoms with Gasteiger partial charge in [0.25, 0.3) is 5.91 Å². The molecule has 1 N–H and O–H groups in total. The average Bonchev–Trinajstić information content (AvgIpc) is 2.85. The third kappa shape index (κ3) is 8.31. The molecular formula is C22H23N5O8. The molecule has 184 valence electrons. The minimum Gasteiger partial charge on any atom is -0.484 e. The van der Waals surface area contributed by atoms with Crippen LogP contribution in [0, 0.1) is 10.1 Å². The molecule has 2 amide bonds. The molecule has 0 bridgehead atoms. The molecule has 0 saturated heterocycles. The summed E-state index contributed by atoms with van der Waals surface area (Å²) in [4.78, 5) is 57.0. The number of hydrogen-bond donors (Lipinski definition) is 1. The van der Waals surface area contributed by atoms with Crippen LogP contribution in [0.25, 0.3) is 0 Å². The van der Waals surface area contributed by atoms with Crippen molar-refractivity contribution in [3.05, 3.63) is 69.8 Å². The van der Waals surface area contributed by atoms with E-state index in [9.17, 15) is 29.3 Å². The number of methoxy groups -OCH3 is 1. The zero-order valence-electron chi connectivity index (χ0n) is 19.2. The summed E-state index contributed by atoms with van der Waals surface area (Å²) in [5, 5.41) is 22.1. The van der Waals surface area contributed by atoms with Gasteiger partial charge in [0.1, 0.15) is 23.1 Å². The van der Waals surface area contributed by atoms with Crippen molar-refractivity contribution in [2.45, 2.75) is 12.5 Å². The van der Waals surface area contributed by atoms with Gasteiger partial charge in [0.15, 0.2) is 12.4 Å². The van der Waals surface area contributed by atoms with Gasteiger partial charge in [0, 0.05) is 25.2 Å². The number of benzene rings is 2. The molecule has 0 aliphatic carbocycles. The van der Waals surface area contributed by atoms with E-state index in [0.717, 1.165) is 7.11 Å². The molecule has 1 atom stereocenters. The number of hydrogen-bond acceptors (Lipinski definition) is 10. The van der Waals surface area contributed by atoms with E-state index < -0.39 is 41.8 Å². The Hall–Kier alpha value is -4.68. The molecule has 0 saturated carbocycles. The number of ether oxygens (including phenoxy) is 2. The molecule has 0 aliphatic rings. The number of esters is 1. The van der Waals surface area contributed by atoms with Crippen molar-refractivity contribution in [1.82, 2.24) is 10.3 Å². The van der Waals surface area contributed by atoms with E-state index in [2.05, 4.69) is 20.4 Å². The third-order valence-corrected chi connectivity index (χ3v) is 4.36. The zero-order chi connectivity index (χ0) is 26.0. The Balaban J connectivity index is 1.95. The van der Waals surface area contributed by atoms with Gasteiger partial charge >= 0.3 is 11.9 Å². The highest BCUT2D eigenvalue weighted by atomic mass is 16.6. The van der Waals surface area contributed by atoms with Gasteiger partial charge in [-0.1, -0.05) is 5.22 Å². The van der Waals surface area contributed by atoms with Crippen LogP contribution in [0.2, 0.25) is 0 Å². The van der Waals surface area contributed by atoms with Gasteiger partial charge in [0.2, 0.25) is 0 Å². The lowest BCUT2D eigenvalue weighted by molar-refractivity contribution is -0.402. The van der Waals surface area contributed by atoms with E-state index in [1.54, 1.807) is 43.4 Å². The van der Waals surface area contributed by atoms with E-state index in [1.165, 1.54) is 24.3 Å². The number of carbonyl (C=O) groups is 4. The fourth-order valence-corrected chi connectivity index (χ4v) is 2.66. The number of nitrogens with one attached hydrogen (secondary N) is 1. The highest BCUT2D eigenvalue weighted by Gasteiger charge is 2.30. The number of nitro groups is 1. The second-order valence-corrected chi connectivity index (χ2v) is 7.22. The van der Waals surface area contributed by atoms with Gasteiger partial charge < -0.3 is 14.8 Å². The van der Waals surface area contributed by atoms with Crippen molar-refractivity contribution < 1.29 is 33.6 Å². The molecule has 13 nitrogen and oxygen atoms in total. The first-order valence-corrected chi connectivity index (χ1v) is 10.1. The lowest BCUT2D eigenvalue weighted by atomic mass is 10.0. The molecule has 13 heteroatoms. The molecule has 1 unspecified atom stereocenters. The van der Waals surface area contributed by atoms with Gasteiger partial charge in [-0.25, -0.2) is 9.59 Å². The average molecular weight is 485 g/mol. The van der Waals surface area contributed by atoms with Crippen LogP contribution in [0.1, 0.15) is 22.3 Å². The van der Waals surface area contributed by atoms with Crippen LogP contribution >= 0.6 is 0 Å². The minimum absolute atomic E-state index is 0.234. The molecule has 2 aromatic rings. The standard InChI is InChI=1S/C22H23N5O8/c1-26(2)25-24-16-8-4-14(5-9-16)21(30)15-6-10-17(11-7-15)35-13-19(28)23-18(22(31)34-3)12-20(29)27(32)33/h4-11,18H,12-13H2,1-3H3,(H,23,28). The Labute approximate surface area is 199 Å². The summed E-state index contributed by atoms with van der Waals surface area (Å²) in [7, 11) is 4.49. The zero-order valence-corrected chi connectivity index (χ0v) is 19.2. The van der Waals surface area contributed by atoms with Gasteiger partial charge in [-0.2, -0.15) is 0 Å². The quantitative estimate of drug-likeness (QED) is 0.164. The molecule has 0 aliphatic heterocycles. The normalized spacial score (nSPS) is 11.4. The van der Waals surface area contributed by atoms with Crippen LogP contribution in [0.15, 0.2) is 58.9 Å².